The van der Waals surface area contributed by atoms with E-state index in [0.717, 1.165) is 0 Å². The van der Waals surface area contributed by atoms with Gasteiger partial charge in [-0.05, 0) is 0 Å². The molecule has 0 aliphatic heterocycles. The van der Waals surface area contributed by atoms with E-state index in [1.165, 1.54) is 4.90 Å². The lowest BCUT2D eigenvalue weighted by molar-refractivity contribution is -0.132. The molecular formula is C7H18N4O. The summed E-state index contributed by atoms with van der Waals surface area (Å²) in [5, 5.41) is 0. The lowest BCUT2D eigenvalue weighted by Gasteiger charge is -2.27. The molecule has 6 N–H and O–H groups in total. The van der Waals surface area contributed by atoms with Crippen LogP contribution in [0.4, 0.5) is 0 Å². The number of carbonyl (C=O) groups excluding carboxylic acids is 1. The Morgan fingerprint density at radius 3 is 2.42 bits per heavy atom. The zero-order valence-corrected chi connectivity index (χ0v) is 7.49. The summed E-state index contributed by atoms with van der Waals surface area (Å²) in [5.41, 5.74) is 16.3. The van der Waals surface area contributed by atoms with Crippen LogP contribution in [0, 0.1) is 0 Å². The van der Waals surface area contributed by atoms with Gasteiger partial charge >= 0.3 is 0 Å². The van der Waals surface area contributed by atoms with Gasteiger partial charge in [-0.3, -0.25) is 4.79 Å². The maximum atomic E-state index is 11.2. The van der Waals surface area contributed by atoms with Crippen molar-refractivity contribution in [3.05, 3.63) is 0 Å². The average Bonchev–Trinajstić information content (AvgIpc) is 2.11. The minimum absolute atomic E-state index is 0.00148. The molecule has 0 aromatic carbocycles. The molecule has 0 radical (unpaired) electrons. The number of nitrogens with two attached hydrogens (primary N) is 3. The first-order valence-corrected chi connectivity index (χ1v) is 4.12. The van der Waals surface area contributed by atoms with Crippen LogP contribution < -0.4 is 17.2 Å². The van der Waals surface area contributed by atoms with Crippen molar-refractivity contribution in [3.63, 3.8) is 0 Å². The van der Waals surface area contributed by atoms with E-state index in [2.05, 4.69) is 0 Å². The molecule has 0 aromatic heterocycles. The molecule has 5 heteroatoms. The Morgan fingerprint density at radius 1 is 1.50 bits per heavy atom. The Labute approximate surface area is 72.9 Å². The highest BCUT2D eigenvalue weighted by Gasteiger charge is 2.16. The fraction of sp³-hybridized carbons (Fsp3) is 0.857. The lowest BCUT2D eigenvalue weighted by Crippen LogP contribution is -2.51. The third-order valence-electron chi connectivity index (χ3n) is 1.63. The minimum Gasteiger partial charge on any atom is -0.329 e. The van der Waals surface area contributed by atoms with Gasteiger partial charge in [0, 0.05) is 26.1 Å². The zero-order chi connectivity index (χ0) is 9.56. The van der Waals surface area contributed by atoms with Gasteiger partial charge in [0.1, 0.15) is 0 Å². The van der Waals surface area contributed by atoms with Crippen LogP contribution in [0.15, 0.2) is 0 Å². The van der Waals surface area contributed by atoms with E-state index >= 15 is 0 Å². The molecule has 0 aromatic rings. The van der Waals surface area contributed by atoms with E-state index in [1.807, 2.05) is 0 Å². The van der Waals surface area contributed by atoms with Crippen LogP contribution in [0.3, 0.4) is 0 Å². The second-order valence-electron chi connectivity index (χ2n) is 2.53. The predicted molar refractivity (Wildman–Crippen MR) is 48.1 cm³/mol. The van der Waals surface area contributed by atoms with Crippen LogP contribution in [0.1, 0.15) is 13.3 Å². The van der Waals surface area contributed by atoms with Crippen LogP contribution >= 0.6 is 0 Å². The summed E-state index contributed by atoms with van der Waals surface area (Å²) in [6.07, 6.45) is 0.0363. The first-order chi connectivity index (χ1) is 5.67. The summed E-state index contributed by atoms with van der Waals surface area (Å²) >= 11 is 0. The monoisotopic (exact) mass is 174 g/mol. The van der Waals surface area contributed by atoms with Gasteiger partial charge in [-0.25, -0.2) is 0 Å². The quantitative estimate of drug-likeness (QED) is 0.438. The molecule has 0 bridgehead atoms. The molecular weight excluding hydrogens is 156 g/mol. The smallest absolute Gasteiger partial charge is 0.223 e. The normalized spacial score (nSPS) is 12.7. The van der Waals surface area contributed by atoms with Crippen molar-refractivity contribution in [1.82, 2.24) is 4.90 Å². The molecule has 0 saturated carbocycles. The lowest BCUT2D eigenvalue weighted by atomic mass is 10.3. The minimum atomic E-state index is -0.402. The Kier molecular flexibility index (Phi) is 5.61. The average molecular weight is 174 g/mol. The maximum absolute atomic E-state index is 11.2. The van der Waals surface area contributed by atoms with Gasteiger partial charge in [-0.15, -0.1) is 0 Å². The summed E-state index contributed by atoms with van der Waals surface area (Å²) in [4.78, 5) is 12.8. The molecule has 0 spiro atoms. The Balaban J connectivity index is 4.11. The SMILES string of the molecule is CCC(=O)N(CCN)C(N)CN. The highest BCUT2D eigenvalue weighted by molar-refractivity contribution is 5.76. The summed E-state index contributed by atoms with van der Waals surface area (Å²) in [6, 6.07) is 0. The van der Waals surface area contributed by atoms with Crippen LogP contribution in [-0.4, -0.2) is 36.6 Å². The fourth-order valence-corrected chi connectivity index (χ4v) is 0.945. The maximum Gasteiger partial charge on any atom is 0.223 e. The number of hydrogen-bond acceptors (Lipinski definition) is 4. The van der Waals surface area contributed by atoms with Gasteiger partial charge in [0.05, 0.1) is 6.17 Å². The summed E-state index contributed by atoms with van der Waals surface area (Å²) < 4.78 is 0. The topological polar surface area (TPSA) is 98.4 Å². The van der Waals surface area contributed by atoms with Gasteiger partial charge in [0.25, 0.3) is 0 Å². The van der Waals surface area contributed by atoms with Crippen molar-refractivity contribution in [1.29, 1.82) is 0 Å². The highest BCUT2D eigenvalue weighted by atomic mass is 16.2. The van der Waals surface area contributed by atoms with Gasteiger partial charge in [-0.2, -0.15) is 0 Å². The summed E-state index contributed by atoms with van der Waals surface area (Å²) in [6.45, 7) is 2.95. The molecule has 0 aliphatic rings. The third kappa shape index (κ3) is 3.17. The van der Waals surface area contributed by atoms with Gasteiger partial charge in [0.15, 0.2) is 0 Å². The standard InChI is InChI=1S/C7H18N4O/c1-2-7(12)11(4-3-8)6(10)5-9/h6H,2-5,8-10H2,1H3. The molecule has 0 fully saturated rings. The molecule has 72 valence electrons. The van der Waals surface area contributed by atoms with E-state index in [-0.39, 0.29) is 12.5 Å². The van der Waals surface area contributed by atoms with Crippen molar-refractivity contribution >= 4 is 5.91 Å². The molecule has 0 saturated heterocycles. The van der Waals surface area contributed by atoms with Crippen LogP contribution in [0.25, 0.3) is 0 Å². The van der Waals surface area contributed by atoms with Gasteiger partial charge in [-0.1, -0.05) is 6.92 Å². The van der Waals surface area contributed by atoms with Crippen molar-refractivity contribution in [2.75, 3.05) is 19.6 Å². The van der Waals surface area contributed by atoms with Crippen molar-refractivity contribution in [2.45, 2.75) is 19.5 Å². The second kappa shape index (κ2) is 5.93. The zero-order valence-electron chi connectivity index (χ0n) is 7.49. The first kappa shape index (κ1) is 11.4. The Morgan fingerprint density at radius 2 is 2.08 bits per heavy atom. The van der Waals surface area contributed by atoms with Crippen LogP contribution in [0.5, 0.6) is 0 Å². The second-order valence-corrected chi connectivity index (χ2v) is 2.53. The van der Waals surface area contributed by atoms with E-state index in [0.29, 0.717) is 19.5 Å². The molecule has 1 atom stereocenters. The summed E-state index contributed by atoms with van der Waals surface area (Å²) in [5.74, 6) is -0.00148. The molecule has 1 amide bonds. The van der Waals surface area contributed by atoms with Crippen molar-refractivity contribution in [3.8, 4) is 0 Å². The third-order valence-corrected chi connectivity index (χ3v) is 1.63. The number of amides is 1. The molecule has 12 heavy (non-hydrogen) atoms. The Bertz CT molecular complexity index is 139. The Hall–Kier alpha value is -0.650. The number of rotatable bonds is 5. The first-order valence-electron chi connectivity index (χ1n) is 4.12. The summed E-state index contributed by atoms with van der Waals surface area (Å²) in [7, 11) is 0. The van der Waals surface area contributed by atoms with Crippen molar-refractivity contribution in [2.24, 2.45) is 17.2 Å². The van der Waals surface area contributed by atoms with E-state index in [4.69, 9.17) is 17.2 Å². The number of nitrogens with zero attached hydrogens (tertiary/aromatic N) is 1. The molecule has 0 aliphatic carbocycles. The molecule has 5 nitrogen and oxygen atoms in total. The van der Waals surface area contributed by atoms with E-state index in [9.17, 15) is 4.79 Å². The molecule has 1 unspecified atom stereocenters. The van der Waals surface area contributed by atoms with Crippen LogP contribution in [-0.2, 0) is 4.79 Å². The molecule has 0 rings (SSSR count). The fourth-order valence-electron chi connectivity index (χ4n) is 0.945. The highest BCUT2D eigenvalue weighted by Crippen LogP contribution is 1.95. The predicted octanol–water partition coefficient (Wildman–Crippen LogP) is -1.57. The van der Waals surface area contributed by atoms with Crippen LogP contribution in [0.2, 0.25) is 0 Å². The number of carbonyl (C=O) groups is 1. The van der Waals surface area contributed by atoms with Crippen molar-refractivity contribution < 1.29 is 4.79 Å². The van der Waals surface area contributed by atoms with Gasteiger partial charge < -0.3 is 22.1 Å². The largest absolute Gasteiger partial charge is 0.329 e. The van der Waals surface area contributed by atoms with Gasteiger partial charge in [0.2, 0.25) is 5.91 Å². The van der Waals surface area contributed by atoms with E-state index < -0.39 is 6.17 Å². The van der Waals surface area contributed by atoms with E-state index in [1.54, 1.807) is 6.92 Å². The number of hydrogen-bond donors (Lipinski definition) is 3. The molecule has 0 heterocycles.